The second-order valence-corrected chi connectivity index (χ2v) is 4.38. The van der Waals surface area contributed by atoms with Crippen molar-refractivity contribution < 1.29 is 0 Å². The Labute approximate surface area is 94.7 Å². The van der Waals surface area contributed by atoms with Gasteiger partial charge in [0.2, 0.25) is 0 Å². The van der Waals surface area contributed by atoms with E-state index in [1.54, 1.807) is 0 Å². The molecule has 0 saturated carbocycles. The molecule has 2 aliphatic carbocycles. The lowest BCUT2D eigenvalue weighted by Crippen LogP contribution is -1.99. The highest BCUT2D eigenvalue weighted by molar-refractivity contribution is 7.81. The maximum Gasteiger partial charge on any atom is 0.0190 e. The highest BCUT2D eigenvalue weighted by Gasteiger charge is 2.06. The third kappa shape index (κ3) is 2.14. The van der Waals surface area contributed by atoms with Gasteiger partial charge in [-0.3, -0.25) is 0 Å². The molecule has 0 N–H and O–H groups in total. The molecule has 0 unspecified atom stereocenters. The van der Waals surface area contributed by atoms with E-state index >= 15 is 0 Å². The average molecular weight is 218 g/mol. The third-order valence-electron chi connectivity index (χ3n) is 2.28. The minimum Gasteiger partial charge on any atom is -0.0846 e. The van der Waals surface area contributed by atoms with Gasteiger partial charge in [0.05, 0.1) is 0 Å². The van der Waals surface area contributed by atoms with E-state index in [2.05, 4.69) is 24.3 Å². The van der Waals surface area contributed by atoms with Crippen molar-refractivity contribution in [1.29, 1.82) is 0 Å². The molecule has 70 valence electrons. The Kier molecular flexibility index (Phi) is 2.85. The first-order valence-electron chi connectivity index (χ1n) is 4.58. The van der Waals surface area contributed by atoms with E-state index in [9.17, 15) is 0 Å². The third-order valence-corrected chi connectivity index (χ3v) is 2.88. The van der Waals surface area contributed by atoms with Crippen LogP contribution in [0.2, 0.25) is 0 Å². The molecule has 0 radical (unpaired) electrons. The monoisotopic (exact) mass is 218 g/mol. The summed E-state index contributed by atoms with van der Waals surface area (Å²) in [5.74, 6) is 0. The van der Waals surface area contributed by atoms with Crippen molar-refractivity contribution in [2.24, 2.45) is 0 Å². The predicted octanol–water partition coefficient (Wildman–Crippen LogP) is 3.50. The summed E-state index contributed by atoms with van der Waals surface area (Å²) >= 11 is 10.2. The molecule has 0 atom stereocenters. The fourth-order valence-electron chi connectivity index (χ4n) is 1.49. The highest BCUT2D eigenvalue weighted by Crippen LogP contribution is 2.21. The van der Waals surface area contributed by atoms with Gasteiger partial charge in [0.25, 0.3) is 0 Å². The van der Waals surface area contributed by atoms with Crippen LogP contribution >= 0.6 is 24.4 Å². The fourth-order valence-corrected chi connectivity index (χ4v) is 1.79. The summed E-state index contributed by atoms with van der Waals surface area (Å²) in [5.41, 5.74) is 2.52. The van der Waals surface area contributed by atoms with Crippen molar-refractivity contribution in [2.45, 2.75) is 12.8 Å². The first kappa shape index (κ1) is 9.69. The Morgan fingerprint density at radius 3 is 1.43 bits per heavy atom. The molecular formula is C12H10S2. The van der Waals surface area contributed by atoms with E-state index in [0.29, 0.717) is 0 Å². The van der Waals surface area contributed by atoms with Crippen molar-refractivity contribution in [3.05, 3.63) is 47.6 Å². The maximum absolute atomic E-state index is 5.09. The molecule has 14 heavy (non-hydrogen) atoms. The van der Waals surface area contributed by atoms with Crippen LogP contribution in [-0.4, -0.2) is 9.73 Å². The molecule has 2 rings (SSSR count). The zero-order valence-corrected chi connectivity index (χ0v) is 9.33. The molecule has 0 spiro atoms. The topological polar surface area (TPSA) is 0 Å². The van der Waals surface area contributed by atoms with Crippen LogP contribution in [-0.2, 0) is 0 Å². The van der Waals surface area contributed by atoms with Gasteiger partial charge in [-0.25, -0.2) is 0 Å². The quantitative estimate of drug-likeness (QED) is 0.618. The first-order chi connectivity index (χ1) is 6.75. The summed E-state index contributed by atoms with van der Waals surface area (Å²) in [7, 11) is 0. The van der Waals surface area contributed by atoms with E-state index in [-0.39, 0.29) is 0 Å². The van der Waals surface area contributed by atoms with Gasteiger partial charge in [0, 0.05) is 22.6 Å². The molecule has 2 aliphatic rings. The Balaban J connectivity index is 2.18. The van der Waals surface area contributed by atoms with E-state index in [1.807, 2.05) is 12.2 Å². The van der Waals surface area contributed by atoms with E-state index < -0.39 is 0 Å². The SMILES string of the molecule is S=C1C=CC(C2=CCC(=S)C=C2)=CC1. The van der Waals surface area contributed by atoms with Gasteiger partial charge in [-0.15, -0.1) is 0 Å². The van der Waals surface area contributed by atoms with Crippen molar-refractivity contribution in [3.63, 3.8) is 0 Å². The number of hydrogen-bond acceptors (Lipinski definition) is 2. The molecule has 0 nitrogen and oxygen atoms in total. The van der Waals surface area contributed by atoms with Crippen molar-refractivity contribution in [2.75, 3.05) is 0 Å². The molecule has 0 aromatic rings. The van der Waals surface area contributed by atoms with Crippen LogP contribution in [0.25, 0.3) is 0 Å². The molecule has 0 bridgehead atoms. The van der Waals surface area contributed by atoms with Crippen molar-refractivity contribution >= 4 is 34.2 Å². The molecule has 0 amide bonds. The molecule has 0 aliphatic heterocycles. The molecule has 0 saturated heterocycles. The maximum atomic E-state index is 5.09. The molecule has 0 aromatic heterocycles. The van der Waals surface area contributed by atoms with Crippen LogP contribution in [0.3, 0.4) is 0 Å². The van der Waals surface area contributed by atoms with E-state index in [4.69, 9.17) is 24.4 Å². The van der Waals surface area contributed by atoms with Crippen LogP contribution in [0, 0.1) is 0 Å². The normalized spacial score (nSPS) is 20.9. The zero-order chi connectivity index (χ0) is 9.97. The molecular weight excluding hydrogens is 208 g/mol. The Hall–Kier alpha value is -0.860. The largest absolute Gasteiger partial charge is 0.0846 e. The molecule has 0 aromatic carbocycles. The predicted molar refractivity (Wildman–Crippen MR) is 68.9 cm³/mol. The molecule has 2 heteroatoms. The summed E-state index contributed by atoms with van der Waals surface area (Å²) in [6.07, 6.45) is 14.3. The van der Waals surface area contributed by atoms with E-state index in [1.165, 1.54) is 11.1 Å². The second kappa shape index (κ2) is 4.11. The minimum absolute atomic E-state index is 0.886. The number of hydrogen-bond donors (Lipinski definition) is 0. The Morgan fingerprint density at radius 1 is 0.714 bits per heavy atom. The van der Waals surface area contributed by atoms with Crippen molar-refractivity contribution in [3.8, 4) is 0 Å². The van der Waals surface area contributed by atoms with Crippen molar-refractivity contribution in [1.82, 2.24) is 0 Å². The zero-order valence-electron chi connectivity index (χ0n) is 7.69. The smallest absolute Gasteiger partial charge is 0.0190 e. The lowest BCUT2D eigenvalue weighted by Gasteiger charge is -2.11. The van der Waals surface area contributed by atoms with Gasteiger partial charge in [-0.2, -0.15) is 0 Å². The van der Waals surface area contributed by atoms with Crippen LogP contribution in [0.15, 0.2) is 47.6 Å². The number of rotatable bonds is 1. The first-order valence-corrected chi connectivity index (χ1v) is 5.40. The van der Waals surface area contributed by atoms with Gasteiger partial charge >= 0.3 is 0 Å². The highest BCUT2D eigenvalue weighted by atomic mass is 32.1. The summed E-state index contributed by atoms with van der Waals surface area (Å²) in [6.45, 7) is 0. The van der Waals surface area contributed by atoms with Crippen LogP contribution in [0.4, 0.5) is 0 Å². The number of thiocarbonyl (C=S) groups is 2. The molecule has 0 fully saturated rings. The lowest BCUT2D eigenvalue weighted by atomic mass is 9.95. The van der Waals surface area contributed by atoms with Gasteiger partial charge in [0.1, 0.15) is 0 Å². The van der Waals surface area contributed by atoms with Crippen LogP contribution in [0.1, 0.15) is 12.8 Å². The van der Waals surface area contributed by atoms with Gasteiger partial charge in [-0.05, 0) is 23.3 Å². The minimum atomic E-state index is 0.886. The summed E-state index contributed by atoms with van der Waals surface area (Å²) in [5, 5.41) is 0. The van der Waals surface area contributed by atoms with Crippen LogP contribution in [0.5, 0.6) is 0 Å². The Morgan fingerprint density at radius 2 is 1.14 bits per heavy atom. The standard InChI is InChI=1S/C12H10S2/c13-11-5-1-9(2-6-11)10-3-7-12(14)8-4-10/h1-5,7H,6,8H2. The Bertz CT molecular complexity index is 366. The molecule has 0 heterocycles. The average Bonchev–Trinajstić information content (AvgIpc) is 2.21. The second-order valence-electron chi connectivity index (χ2n) is 3.33. The summed E-state index contributed by atoms with van der Waals surface area (Å²) in [4.78, 5) is 2.01. The van der Waals surface area contributed by atoms with Gasteiger partial charge in [-0.1, -0.05) is 48.7 Å². The lowest BCUT2D eigenvalue weighted by molar-refractivity contribution is 1.35. The van der Waals surface area contributed by atoms with Gasteiger partial charge in [0.15, 0.2) is 0 Å². The number of allylic oxidation sites excluding steroid dienone is 8. The van der Waals surface area contributed by atoms with Gasteiger partial charge < -0.3 is 0 Å². The van der Waals surface area contributed by atoms with Crippen LogP contribution < -0.4 is 0 Å². The van der Waals surface area contributed by atoms with E-state index in [0.717, 1.165) is 22.6 Å². The summed E-state index contributed by atoms with van der Waals surface area (Å²) < 4.78 is 0. The summed E-state index contributed by atoms with van der Waals surface area (Å²) in [6, 6.07) is 0. The fraction of sp³-hybridized carbons (Fsp3) is 0.167.